The molecule has 0 bridgehead atoms. The lowest BCUT2D eigenvalue weighted by Gasteiger charge is -2.12. The number of ether oxygens (including phenoxy) is 1. The third-order valence-corrected chi connectivity index (χ3v) is 5.66. The zero-order valence-electron chi connectivity index (χ0n) is 15.5. The van der Waals surface area contributed by atoms with Crippen molar-refractivity contribution in [2.75, 3.05) is 13.7 Å². The predicted molar refractivity (Wildman–Crippen MR) is 109 cm³/mol. The highest BCUT2D eigenvalue weighted by Crippen LogP contribution is 2.34. The summed E-state index contributed by atoms with van der Waals surface area (Å²) in [5.74, 6) is -0.272. The fourth-order valence-electron chi connectivity index (χ4n) is 3.10. The number of benzene rings is 1. The average molecular weight is 405 g/mol. The molecule has 3 rings (SSSR count). The van der Waals surface area contributed by atoms with Crippen LogP contribution in [0.15, 0.2) is 35.2 Å². The van der Waals surface area contributed by atoms with Gasteiger partial charge in [0.2, 0.25) is 0 Å². The van der Waals surface area contributed by atoms with Crippen LogP contribution in [0.1, 0.15) is 22.5 Å². The van der Waals surface area contributed by atoms with Gasteiger partial charge in [-0.25, -0.2) is 0 Å². The topological polar surface area (TPSA) is 51.5 Å². The number of hydrogen-bond donors (Lipinski definition) is 0. The Morgan fingerprint density at radius 3 is 2.70 bits per heavy atom. The lowest BCUT2D eigenvalue weighted by Crippen LogP contribution is -2.27. The summed E-state index contributed by atoms with van der Waals surface area (Å²) in [6, 6.07) is 9.20. The zero-order chi connectivity index (χ0) is 19.6. The number of amides is 2. The van der Waals surface area contributed by atoms with Gasteiger partial charge in [-0.15, -0.1) is 0 Å². The van der Waals surface area contributed by atoms with E-state index in [0.29, 0.717) is 16.5 Å². The fourth-order valence-corrected chi connectivity index (χ4v) is 4.14. The van der Waals surface area contributed by atoms with Crippen molar-refractivity contribution in [1.29, 1.82) is 0 Å². The lowest BCUT2D eigenvalue weighted by molar-refractivity contribution is -0.123. The van der Waals surface area contributed by atoms with Gasteiger partial charge in [0.25, 0.3) is 11.1 Å². The molecule has 1 aliphatic rings. The minimum atomic E-state index is -0.272. The molecule has 1 aromatic heterocycles. The molecule has 2 amide bonds. The van der Waals surface area contributed by atoms with Gasteiger partial charge in [0.05, 0.1) is 18.1 Å². The first-order valence-corrected chi connectivity index (χ1v) is 9.75. The van der Waals surface area contributed by atoms with E-state index >= 15 is 0 Å². The first-order chi connectivity index (χ1) is 12.9. The molecule has 0 atom stereocenters. The molecule has 2 heterocycles. The van der Waals surface area contributed by atoms with Crippen molar-refractivity contribution in [3.05, 3.63) is 62.8 Å². The van der Waals surface area contributed by atoms with Crippen molar-refractivity contribution in [2.45, 2.75) is 26.9 Å². The number of carbonyl (C=O) groups excluding carboxylic acids is 2. The summed E-state index contributed by atoms with van der Waals surface area (Å²) in [5.41, 5.74) is 3.90. The molecule has 0 saturated carbocycles. The minimum Gasteiger partial charge on any atom is -0.383 e. The Bertz CT molecular complexity index is 920. The second kappa shape index (κ2) is 8.33. The molecule has 1 saturated heterocycles. The van der Waals surface area contributed by atoms with E-state index in [9.17, 15) is 9.59 Å². The number of hydrogen-bond acceptors (Lipinski definition) is 4. The fraction of sp³-hybridized carbons (Fsp3) is 0.300. The molecule has 1 aliphatic heterocycles. The molecule has 0 spiro atoms. The highest BCUT2D eigenvalue weighted by atomic mass is 35.5. The summed E-state index contributed by atoms with van der Waals surface area (Å²) in [7, 11) is 1.67. The van der Waals surface area contributed by atoms with E-state index in [2.05, 4.69) is 4.57 Å². The highest BCUT2D eigenvalue weighted by molar-refractivity contribution is 8.18. The highest BCUT2D eigenvalue weighted by Gasteiger charge is 2.35. The van der Waals surface area contributed by atoms with Crippen LogP contribution in [-0.4, -0.2) is 34.3 Å². The van der Waals surface area contributed by atoms with Crippen molar-refractivity contribution < 1.29 is 14.3 Å². The maximum absolute atomic E-state index is 12.7. The normalized spacial score (nSPS) is 16.0. The molecule has 142 valence electrons. The molecular formula is C20H21ClN2O3S. The van der Waals surface area contributed by atoms with Crippen LogP contribution < -0.4 is 0 Å². The van der Waals surface area contributed by atoms with E-state index in [0.717, 1.165) is 40.8 Å². The maximum Gasteiger partial charge on any atom is 0.293 e. The van der Waals surface area contributed by atoms with Crippen LogP contribution in [0.4, 0.5) is 4.79 Å². The second-order valence-electron chi connectivity index (χ2n) is 6.37. The number of nitrogens with zero attached hydrogens (tertiary/aromatic N) is 2. The first-order valence-electron chi connectivity index (χ1n) is 8.56. The number of methoxy groups -OCH3 is 1. The van der Waals surface area contributed by atoms with E-state index in [-0.39, 0.29) is 17.7 Å². The van der Waals surface area contributed by atoms with Crippen molar-refractivity contribution in [1.82, 2.24) is 9.47 Å². The van der Waals surface area contributed by atoms with E-state index < -0.39 is 0 Å². The quantitative estimate of drug-likeness (QED) is 0.658. The van der Waals surface area contributed by atoms with Crippen molar-refractivity contribution in [3.63, 3.8) is 0 Å². The molecule has 0 radical (unpaired) electrons. The van der Waals surface area contributed by atoms with Crippen LogP contribution in [0.25, 0.3) is 6.08 Å². The third kappa shape index (κ3) is 4.29. The Morgan fingerprint density at radius 2 is 2.00 bits per heavy atom. The summed E-state index contributed by atoms with van der Waals surface area (Å²) in [6.07, 6.45) is 1.80. The summed E-state index contributed by atoms with van der Waals surface area (Å²) >= 11 is 6.97. The van der Waals surface area contributed by atoms with E-state index in [1.807, 2.05) is 32.0 Å². The Labute approximate surface area is 167 Å². The van der Waals surface area contributed by atoms with Gasteiger partial charge < -0.3 is 9.30 Å². The summed E-state index contributed by atoms with van der Waals surface area (Å²) in [4.78, 5) is 26.8. The SMILES string of the molecule is COCCn1c(C)cc(/C=C2\SC(=O)N(Cc3cccc(Cl)c3)C2=O)c1C. The molecule has 1 aromatic carbocycles. The number of halogens is 1. The second-order valence-corrected chi connectivity index (χ2v) is 7.80. The molecule has 7 heteroatoms. The van der Waals surface area contributed by atoms with Crippen LogP contribution in [0.2, 0.25) is 5.02 Å². The Hall–Kier alpha value is -2.02. The van der Waals surface area contributed by atoms with Gasteiger partial charge in [0.15, 0.2) is 0 Å². The van der Waals surface area contributed by atoms with Crippen LogP contribution in [-0.2, 0) is 22.6 Å². The minimum absolute atomic E-state index is 0.218. The van der Waals surface area contributed by atoms with Gasteiger partial charge in [-0.05, 0) is 61.0 Å². The number of rotatable bonds is 6. The Morgan fingerprint density at radius 1 is 1.22 bits per heavy atom. The van der Waals surface area contributed by atoms with Gasteiger partial charge in [-0.3, -0.25) is 14.5 Å². The third-order valence-electron chi connectivity index (χ3n) is 4.52. The maximum atomic E-state index is 12.7. The Balaban J connectivity index is 1.82. The van der Waals surface area contributed by atoms with Crippen LogP contribution in [0.3, 0.4) is 0 Å². The molecule has 2 aromatic rings. The standard InChI is InChI=1S/C20H21ClN2O3S/c1-13-9-16(14(2)22(13)7-8-26-3)11-18-19(24)23(20(25)27-18)12-15-5-4-6-17(21)10-15/h4-6,9-11H,7-8,12H2,1-3H3/b18-11-. The molecule has 1 fully saturated rings. The van der Waals surface area contributed by atoms with Crippen LogP contribution >= 0.6 is 23.4 Å². The van der Waals surface area contributed by atoms with Gasteiger partial charge in [-0.2, -0.15) is 0 Å². The smallest absolute Gasteiger partial charge is 0.293 e. The largest absolute Gasteiger partial charge is 0.383 e. The molecular weight excluding hydrogens is 384 g/mol. The van der Waals surface area contributed by atoms with Crippen molar-refractivity contribution in [3.8, 4) is 0 Å². The van der Waals surface area contributed by atoms with E-state index in [4.69, 9.17) is 16.3 Å². The summed E-state index contributed by atoms with van der Waals surface area (Å²) in [6.45, 7) is 5.61. The average Bonchev–Trinajstić information content (AvgIpc) is 3.04. The predicted octanol–water partition coefficient (Wildman–Crippen LogP) is 4.64. The molecule has 0 aliphatic carbocycles. The molecule has 0 N–H and O–H groups in total. The van der Waals surface area contributed by atoms with Gasteiger partial charge in [0, 0.05) is 30.1 Å². The Kier molecular flexibility index (Phi) is 6.09. The number of thioether (sulfide) groups is 1. The van der Waals surface area contributed by atoms with E-state index in [1.54, 1.807) is 25.3 Å². The zero-order valence-corrected chi connectivity index (χ0v) is 17.1. The van der Waals surface area contributed by atoms with Gasteiger partial charge >= 0.3 is 0 Å². The monoisotopic (exact) mass is 404 g/mol. The number of aryl methyl sites for hydroxylation is 1. The van der Waals surface area contributed by atoms with Crippen LogP contribution in [0, 0.1) is 13.8 Å². The summed E-state index contributed by atoms with van der Waals surface area (Å²) < 4.78 is 7.30. The first kappa shape index (κ1) is 19.7. The van der Waals surface area contributed by atoms with Gasteiger partial charge in [0.1, 0.15) is 0 Å². The van der Waals surface area contributed by atoms with Crippen molar-refractivity contribution in [2.24, 2.45) is 0 Å². The van der Waals surface area contributed by atoms with Gasteiger partial charge in [-0.1, -0.05) is 23.7 Å². The number of imide groups is 1. The number of aromatic nitrogens is 1. The lowest BCUT2D eigenvalue weighted by atomic mass is 10.2. The summed E-state index contributed by atoms with van der Waals surface area (Å²) in [5, 5.41) is 0.318. The molecule has 0 unspecified atom stereocenters. The van der Waals surface area contributed by atoms with E-state index in [1.165, 1.54) is 4.90 Å². The number of carbonyl (C=O) groups is 2. The van der Waals surface area contributed by atoms with Crippen molar-refractivity contribution >= 4 is 40.6 Å². The molecule has 5 nitrogen and oxygen atoms in total. The molecule has 27 heavy (non-hydrogen) atoms. The van der Waals surface area contributed by atoms with Crippen LogP contribution in [0.5, 0.6) is 0 Å².